The molecule has 4 nitrogen and oxygen atoms in total. The molecule has 0 bridgehead atoms. The van der Waals surface area contributed by atoms with Crippen molar-refractivity contribution >= 4 is 6.03 Å². The Kier molecular flexibility index (Phi) is 5.15. The van der Waals surface area contributed by atoms with Gasteiger partial charge in [-0.3, -0.25) is 0 Å². The lowest BCUT2D eigenvalue weighted by atomic mass is 10.2. The highest BCUT2D eigenvalue weighted by atomic mass is 19.1. The van der Waals surface area contributed by atoms with Crippen LogP contribution in [-0.2, 0) is 13.1 Å². The van der Waals surface area contributed by atoms with E-state index in [1.54, 1.807) is 19.2 Å². The van der Waals surface area contributed by atoms with Crippen molar-refractivity contribution in [3.8, 4) is 5.75 Å². The monoisotopic (exact) mass is 288 g/mol. The number of nitrogens with one attached hydrogen (secondary N) is 2. The number of amides is 2. The van der Waals surface area contributed by atoms with Gasteiger partial charge in [0.1, 0.15) is 11.6 Å². The first-order chi connectivity index (χ1) is 10.2. The van der Waals surface area contributed by atoms with Crippen LogP contribution in [0.15, 0.2) is 48.5 Å². The van der Waals surface area contributed by atoms with E-state index in [1.807, 2.05) is 24.3 Å². The van der Waals surface area contributed by atoms with E-state index in [9.17, 15) is 9.18 Å². The van der Waals surface area contributed by atoms with Gasteiger partial charge in [-0.15, -0.1) is 0 Å². The molecule has 21 heavy (non-hydrogen) atoms. The van der Waals surface area contributed by atoms with Gasteiger partial charge in [-0.2, -0.15) is 0 Å². The Bertz CT molecular complexity index is 617. The molecule has 2 aromatic carbocycles. The minimum Gasteiger partial charge on any atom is -0.497 e. The summed E-state index contributed by atoms with van der Waals surface area (Å²) in [4.78, 5) is 11.7. The van der Waals surface area contributed by atoms with E-state index in [0.29, 0.717) is 12.1 Å². The summed E-state index contributed by atoms with van der Waals surface area (Å²) in [5, 5.41) is 5.41. The first-order valence-electron chi connectivity index (χ1n) is 6.56. The SMILES string of the molecule is COc1cccc(CNC(=O)NCc2cccc(F)c2)c1. The van der Waals surface area contributed by atoms with Crippen LogP contribution in [0.4, 0.5) is 9.18 Å². The molecule has 0 unspecified atom stereocenters. The molecule has 0 aliphatic carbocycles. The molecule has 2 amide bonds. The Balaban J connectivity index is 1.79. The van der Waals surface area contributed by atoms with Crippen LogP contribution >= 0.6 is 0 Å². The van der Waals surface area contributed by atoms with Crippen LogP contribution in [0, 0.1) is 5.82 Å². The second kappa shape index (κ2) is 7.28. The van der Waals surface area contributed by atoms with Gasteiger partial charge in [0.25, 0.3) is 0 Å². The van der Waals surface area contributed by atoms with Crippen LogP contribution in [0.5, 0.6) is 5.75 Å². The number of hydrogen-bond acceptors (Lipinski definition) is 2. The van der Waals surface area contributed by atoms with Gasteiger partial charge < -0.3 is 15.4 Å². The highest BCUT2D eigenvalue weighted by Crippen LogP contribution is 2.12. The number of urea groups is 1. The molecule has 0 aliphatic rings. The summed E-state index contributed by atoms with van der Waals surface area (Å²) in [7, 11) is 1.60. The van der Waals surface area contributed by atoms with Crippen molar-refractivity contribution in [3.05, 3.63) is 65.5 Å². The number of rotatable bonds is 5. The second-order valence-corrected chi connectivity index (χ2v) is 4.52. The van der Waals surface area contributed by atoms with Crippen LogP contribution in [0.3, 0.4) is 0 Å². The van der Waals surface area contributed by atoms with E-state index in [4.69, 9.17) is 4.74 Å². The average Bonchev–Trinajstić information content (AvgIpc) is 2.51. The van der Waals surface area contributed by atoms with E-state index in [-0.39, 0.29) is 18.4 Å². The lowest BCUT2D eigenvalue weighted by Crippen LogP contribution is -2.34. The topological polar surface area (TPSA) is 50.4 Å². The summed E-state index contributed by atoms with van der Waals surface area (Å²) >= 11 is 0. The number of carbonyl (C=O) groups excluding carboxylic acids is 1. The molecule has 0 atom stereocenters. The third kappa shape index (κ3) is 4.80. The summed E-state index contributed by atoms with van der Waals surface area (Å²) < 4.78 is 18.1. The summed E-state index contributed by atoms with van der Waals surface area (Å²) in [5.41, 5.74) is 1.65. The van der Waals surface area contributed by atoms with Gasteiger partial charge in [0.2, 0.25) is 0 Å². The third-order valence-corrected chi connectivity index (χ3v) is 2.93. The molecule has 2 aromatic rings. The maximum Gasteiger partial charge on any atom is 0.315 e. The number of ether oxygens (including phenoxy) is 1. The number of methoxy groups -OCH3 is 1. The van der Waals surface area contributed by atoms with Crippen molar-refractivity contribution in [2.24, 2.45) is 0 Å². The lowest BCUT2D eigenvalue weighted by molar-refractivity contribution is 0.240. The van der Waals surface area contributed by atoms with Gasteiger partial charge in [-0.25, -0.2) is 9.18 Å². The molecule has 0 aliphatic heterocycles. The number of hydrogen-bond donors (Lipinski definition) is 2. The van der Waals surface area contributed by atoms with Crippen LogP contribution in [0.2, 0.25) is 0 Å². The summed E-state index contributed by atoms with van der Waals surface area (Å²) in [6, 6.07) is 13.3. The molecule has 2 rings (SSSR count). The molecule has 110 valence electrons. The minimum atomic E-state index is -0.314. The molecule has 0 saturated carbocycles. The smallest absolute Gasteiger partial charge is 0.315 e. The Labute approximate surface area is 122 Å². The summed E-state index contributed by atoms with van der Waals surface area (Å²) in [6.45, 7) is 0.674. The predicted octanol–water partition coefficient (Wildman–Crippen LogP) is 2.83. The van der Waals surface area contributed by atoms with Gasteiger partial charge in [-0.1, -0.05) is 24.3 Å². The minimum absolute atomic E-state index is 0.279. The Morgan fingerprint density at radius 1 is 1.05 bits per heavy atom. The fraction of sp³-hybridized carbons (Fsp3) is 0.188. The number of carbonyl (C=O) groups is 1. The quantitative estimate of drug-likeness (QED) is 0.889. The van der Waals surface area contributed by atoms with E-state index in [0.717, 1.165) is 11.3 Å². The molecule has 0 aromatic heterocycles. The molecule has 0 radical (unpaired) electrons. The highest BCUT2D eigenvalue weighted by molar-refractivity contribution is 5.73. The fourth-order valence-electron chi connectivity index (χ4n) is 1.86. The molecule has 0 spiro atoms. The van der Waals surface area contributed by atoms with Crippen molar-refractivity contribution in [2.75, 3.05) is 7.11 Å². The van der Waals surface area contributed by atoms with E-state index in [1.165, 1.54) is 12.1 Å². The Morgan fingerprint density at radius 2 is 1.67 bits per heavy atom. The fourth-order valence-corrected chi connectivity index (χ4v) is 1.86. The van der Waals surface area contributed by atoms with Crippen molar-refractivity contribution in [3.63, 3.8) is 0 Å². The first-order valence-corrected chi connectivity index (χ1v) is 6.56. The van der Waals surface area contributed by atoms with Gasteiger partial charge in [0.05, 0.1) is 7.11 Å². The summed E-state index contributed by atoms with van der Waals surface area (Å²) in [5.74, 6) is 0.431. The van der Waals surface area contributed by atoms with Crippen molar-refractivity contribution < 1.29 is 13.9 Å². The molecule has 0 fully saturated rings. The van der Waals surface area contributed by atoms with E-state index < -0.39 is 0 Å². The largest absolute Gasteiger partial charge is 0.497 e. The maximum atomic E-state index is 13.0. The van der Waals surface area contributed by atoms with Crippen LogP contribution in [-0.4, -0.2) is 13.1 Å². The lowest BCUT2D eigenvalue weighted by Gasteiger charge is -2.09. The van der Waals surface area contributed by atoms with E-state index in [2.05, 4.69) is 10.6 Å². The zero-order chi connectivity index (χ0) is 15.1. The van der Waals surface area contributed by atoms with Crippen LogP contribution in [0.1, 0.15) is 11.1 Å². The molecule has 5 heteroatoms. The first kappa shape index (κ1) is 14.8. The molecule has 0 saturated heterocycles. The molecule has 0 heterocycles. The van der Waals surface area contributed by atoms with Crippen LogP contribution < -0.4 is 15.4 Å². The standard InChI is InChI=1S/C16H17FN2O2/c1-21-15-7-3-5-13(9-15)11-19-16(20)18-10-12-4-2-6-14(17)8-12/h2-9H,10-11H2,1H3,(H2,18,19,20). The van der Waals surface area contributed by atoms with Gasteiger partial charge in [0.15, 0.2) is 0 Å². The van der Waals surface area contributed by atoms with Crippen molar-refractivity contribution in [1.29, 1.82) is 0 Å². The van der Waals surface area contributed by atoms with Gasteiger partial charge in [-0.05, 0) is 35.4 Å². The van der Waals surface area contributed by atoms with Gasteiger partial charge >= 0.3 is 6.03 Å². The Morgan fingerprint density at radius 3 is 2.29 bits per heavy atom. The Hall–Kier alpha value is -2.56. The average molecular weight is 288 g/mol. The third-order valence-electron chi connectivity index (χ3n) is 2.93. The maximum absolute atomic E-state index is 13.0. The highest BCUT2D eigenvalue weighted by Gasteiger charge is 2.02. The predicted molar refractivity (Wildman–Crippen MR) is 78.5 cm³/mol. The zero-order valence-corrected chi connectivity index (χ0v) is 11.7. The number of benzene rings is 2. The molecule has 2 N–H and O–H groups in total. The summed E-state index contributed by atoms with van der Waals surface area (Å²) in [6.07, 6.45) is 0. The molecular weight excluding hydrogens is 271 g/mol. The zero-order valence-electron chi connectivity index (χ0n) is 11.7. The second-order valence-electron chi connectivity index (χ2n) is 4.52. The van der Waals surface area contributed by atoms with Crippen LogP contribution in [0.25, 0.3) is 0 Å². The normalized spacial score (nSPS) is 10.0. The van der Waals surface area contributed by atoms with E-state index >= 15 is 0 Å². The molecular formula is C16H17FN2O2. The number of halogens is 1. The van der Waals surface area contributed by atoms with Crippen molar-refractivity contribution in [1.82, 2.24) is 10.6 Å². The van der Waals surface area contributed by atoms with Crippen molar-refractivity contribution in [2.45, 2.75) is 13.1 Å². The van der Waals surface area contributed by atoms with Gasteiger partial charge in [0, 0.05) is 13.1 Å².